The van der Waals surface area contributed by atoms with Crippen molar-refractivity contribution >= 4 is 12.0 Å². The summed E-state index contributed by atoms with van der Waals surface area (Å²) in [6.45, 7) is 9.23. The summed E-state index contributed by atoms with van der Waals surface area (Å²) in [5.74, 6) is -0.807. The normalized spacial score (nSPS) is 20.6. The first-order valence-corrected chi connectivity index (χ1v) is 9.75. The average Bonchev–Trinajstić information content (AvgIpc) is 2.54. The number of amides is 2. The van der Waals surface area contributed by atoms with Crippen molar-refractivity contribution in [2.45, 2.75) is 65.1 Å². The molecule has 27 heavy (non-hydrogen) atoms. The van der Waals surface area contributed by atoms with E-state index in [1.807, 2.05) is 42.2 Å². The van der Waals surface area contributed by atoms with Gasteiger partial charge in [-0.2, -0.15) is 0 Å². The van der Waals surface area contributed by atoms with Crippen LogP contribution in [-0.2, 0) is 4.79 Å². The molecule has 1 aliphatic rings. The minimum absolute atomic E-state index is 0.0405. The van der Waals surface area contributed by atoms with Crippen LogP contribution in [0.15, 0.2) is 30.3 Å². The van der Waals surface area contributed by atoms with Crippen LogP contribution in [0.1, 0.15) is 58.6 Å². The lowest BCUT2D eigenvalue weighted by Gasteiger charge is -2.42. The maximum atomic E-state index is 12.5. The first-order valence-electron chi connectivity index (χ1n) is 9.75. The number of nitrogens with zero attached hydrogens (tertiary/aromatic N) is 1. The third-order valence-corrected chi connectivity index (χ3v) is 5.03. The predicted octanol–water partition coefficient (Wildman–Crippen LogP) is 3.40. The number of aliphatic carboxylic acids is 1. The Morgan fingerprint density at radius 3 is 2.37 bits per heavy atom. The van der Waals surface area contributed by atoms with Gasteiger partial charge in [0, 0.05) is 12.1 Å². The standard InChI is InChI=1S/C21H33N3O3/c1-5-24(14-19(25)26)17-11-16(12-17)22-20(27)23-18(13-21(2,3)4)15-9-7-6-8-10-15/h6-10,16-18H,5,11-14H2,1-4H3,(H,25,26)(H2,22,23,27). The summed E-state index contributed by atoms with van der Waals surface area (Å²) in [4.78, 5) is 25.4. The van der Waals surface area contributed by atoms with E-state index in [9.17, 15) is 9.59 Å². The van der Waals surface area contributed by atoms with Crippen LogP contribution in [0.5, 0.6) is 0 Å². The lowest BCUT2D eigenvalue weighted by molar-refractivity contribution is -0.139. The fraction of sp³-hybridized carbons (Fsp3) is 0.619. The molecule has 0 spiro atoms. The number of nitrogens with one attached hydrogen (secondary N) is 2. The van der Waals surface area contributed by atoms with E-state index >= 15 is 0 Å². The van der Waals surface area contributed by atoms with Crippen LogP contribution >= 0.6 is 0 Å². The molecule has 2 amide bonds. The van der Waals surface area contributed by atoms with Gasteiger partial charge in [0.05, 0.1) is 12.6 Å². The molecule has 1 atom stereocenters. The van der Waals surface area contributed by atoms with Crippen molar-refractivity contribution in [1.29, 1.82) is 0 Å². The van der Waals surface area contributed by atoms with Crippen molar-refractivity contribution in [2.75, 3.05) is 13.1 Å². The number of carboxylic acids is 1. The van der Waals surface area contributed by atoms with Crippen LogP contribution in [0.25, 0.3) is 0 Å². The molecule has 2 rings (SSSR count). The van der Waals surface area contributed by atoms with E-state index in [0.29, 0.717) is 6.54 Å². The summed E-state index contributed by atoms with van der Waals surface area (Å²) >= 11 is 0. The molecule has 0 saturated heterocycles. The van der Waals surface area contributed by atoms with Gasteiger partial charge >= 0.3 is 12.0 Å². The van der Waals surface area contributed by atoms with Gasteiger partial charge in [-0.1, -0.05) is 58.0 Å². The molecule has 6 heteroatoms. The lowest BCUT2D eigenvalue weighted by Crippen LogP contribution is -2.56. The van der Waals surface area contributed by atoms with Gasteiger partial charge in [0.25, 0.3) is 0 Å². The van der Waals surface area contributed by atoms with Crippen LogP contribution < -0.4 is 10.6 Å². The van der Waals surface area contributed by atoms with E-state index in [1.165, 1.54) is 0 Å². The van der Waals surface area contributed by atoms with E-state index in [-0.39, 0.29) is 36.1 Å². The number of urea groups is 1. The van der Waals surface area contributed by atoms with Crippen molar-refractivity contribution in [3.8, 4) is 0 Å². The first-order chi connectivity index (χ1) is 12.7. The molecule has 1 fully saturated rings. The van der Waals surface area contributed by atoms with Gasteiger partial charge in [-0.15, -0.1) is 0 Å². The number of likely N-dealkylation sites (N-methyl/N-ethyl adjacent to an activating group) is 1. The van der Waals surface area contributed by atoms with Gasteiger partial charge in [0.1, 0.15) is 0 Å². The molecule has 1 aliphatic carbocycles. The Morgan fingerprint density at radius 1 is 1.22 bits per heavy atom. The third kappa shape index (κ3) is 6.86. The molecule has 150 valence electrons. The van der Waals surface area contributed by atoms with Crippen molar-refractivity contribution in [1.82, 2.24) is 15.5 Å². The highest BCUT2D eigenvalue weighted by Crippen LogP contribution is 2.30. The second-order valence-electron chi connectivity index (χ2n) is 8.62. The number of hydrogen-bond acceptors (Lipinski definition) is 3. The van der Waals surface area contributed by atoms with Gasteiger partial charge in [-0.3, -0.25) is 9.69 Å². The van der Waals surface area contributed by atoms with E-state index < -0.39 is 5.97 Å². The van der Waals surface area contributed by atoms with Gasteiger partial charge in [-0.05, 0) is 36.8 Å². The Balaban J connectivity index is 1.87. The fourth-order valence-corrected chi connectivity index (χ4v) is 3.61. The fourth-order valence-electron chi connectivity index (χ4n) is 3.61. The van der Waals surface area contributed by atoms with Crippen molar-refractivity contribution in [2.24, 2.45) is 5.41 Å². The number of rotatable bonds is 8. The van der Waals surface area contributed by atoms with Crippen LogP contribution in [-0.4, -0.2) is 47.2 Å². The smallest absolute Gasteiger partial charge is 0.317 e. The molecule has 0 heterocycles. The summed E-state index contributed by atoms with van der Waals surface area (Å²) in [5.41, 5.74) is 1.20. The monoisotopic (exact) mass is 375 g/mol. The first kappa shape index (κ1) is 21.2. The molecular weight excluding hydrogens is 342 g/mol. The quantitative estimate of drug-likeness (QED) is 0.650. The molecule has 1 aromatic rings. The Hall–Kier alpha value is -2.08. The molecule has 6 nitrogen and oxygen atoms in total. The summed E-state index contributed by atoms with van der Waals surface area (Å²) in [6, 6.07) is 10.2. The minimum Gasteiger partial charge on any atom is -0.480 e. The van der Waals surface area contributed by atoms with Gasteiger partial charge in [-0.25, -0.2) is 4.79 Å². The Morgan fingerprint density at radius 2 is 1.85 bits per heavy atom. The molecule has 0 bridgehead atoms. The average molecular weight is 376 g/mol. The number of carbonyl (C=O) groups is 2. The highest BCUT2D eigenvalue weighted by molar-refractivity contribution is 5.75. The Kier molecular flexibility index (Phi) is 7.25. The minimum atomic E-state index is -0.807. The largest absolute Gasteiger partial charge is 0.480 e. The zero-order valence-electron chi connectivity index (χ0n) is 16.9. The highest BCUT2D eigenvalue weighted by Gasteiger charge is 2.35. The van der Waals surface area contributed by atoms with Crippen LogP contribution in [0, 0.1) is 5.41 Å². The molecule has 0 radical (unpaired) electrons. The third-order valence-electron chi connectivity index (χ3n) is 5.03. The Labute approximate surface area is 162 Å². The van der Waals surface area contributed by atoms with Gasteiger partial charge in [0.2, 0.25) is 0 Å². The van der Waals surface area contributed by atoms with E-state index in [2.05, 4.69) is 31.4 Å². The van der Waals surface area contributed by atoms with Crippen LogP contribution in [0.4, 0.5) is 4.79 Å². The summed E-state index contributed by atoms with van der Waals surface area (Å²) in [5, 5.41) is 15.1. The second-order valence-corrected chi connectivity index (χ2v) is 8.62. The van der Waals surface area contributed by atoms with Crippen LogP contribution in [0.3, 0.4) is 0 Å². The molecule has 1 unspecified atom stereocenters. The lowest BCUT2D eigenvalue weighted by atomic mass is 9.85. The number of hydrogen-bond donors (Lipinski definition) is 3. The maximum Gasteiger partial charge on any atom is 0.317 e. The maximum absolute atomic E-state index is 12.5. The zero-order chi connectivity index (χ0) is 20.0. The molecule has 1 aromatic carbocycles. The molecule has 0 aromatic heterocycles. The van der Waals surface area contributed by atoms with E-state index in [4.69, 9.17) is 5.11 Å². The summed E-state index contributed by atoms with van der Waals surface area (Å²) in [6.07, 6.45) is 2.44. The zero-order valence-corrected chi connectivity index (χ0v) is 16.9. The van der Waals surface area contributed by atoms with Crippen LogP contribution in [0.2, 0.25) is 0 Å². The molecular formula is C21H33N3O3. The number of carboxylic acid groups (broad SMARTS) is 1. The summed E-state index contributed by atoms with van der Waals surface area (Å²) < 4.78 is 0. The second kappa shape index (κ2) is 9.22. The summed E-state index contributed by atoms with van der Waals surface area (Å²) in [7, 11) is 0. The van der Waals surface area contributed by atoms with Gasteiger partial charge in [0.15, 0.2) is 0 Å². The molecule has 1 saturated carbocycles. The highest BCUT2D eigenvalue weighted by atomic mass is 16.4. The van der Waals surface area contributed by atoms with Gasteiger partial charge < -0.3 is 15.7 Å². The van der Waals surface area contributed by atoms with Crippen molar-refractivity contribution < 1.29 is 14.7 Å². The predicted molar refractivity (Wildman–Crippen MR) is 107 cm³/mol. The number of benzene rings is 1. The van der Waals surface area contributed by atoms with E-state index in [0.717, 1.165) is 24.8 Å². The van der Waals surface area contributed by atoms with Crippen molar-refractivity contribution in [3.63, 3.8) is 0 Å². The number of carbonyl (C=O) groups excluding carboxylic acids is 1. The molecule has 3 N–H and O–H groups in total. The van der Waals surface area contributed by atoms with E-state index in [1.54, 1.807) is 0 Å². The topological polar surface area (TPSA) is 81.7 Å². The molecule has 0 aliphatic heterocycles. The Bertz CT molecular complexity index is 621. The SMILES string of the molecule is CCN(CC(=O)O)C1CC(NC(=O)NC(CC(C)(C)C)c2ccccc2)C1. The van der Waals surface area contributed by atoms with Crippen molar-refractivity contribution in [3.05, 3.63) is 35.9 Å².